The van der Waals surface area contributed by atoms with Crippen LogP contribution < -0.4 is 11.1 Å². The number of carbonyl (C=O) groups is 5. The summed E-state index contributed by atoms with van der Waals surface area (Å²) < 4.78 is 51.7. The normalized spacial score (nSPS) is 34.8. The Morgan fingerprint density at radius 3 is 2.19 bits per heavy atom. The molecule has 2 saturated heterocycles. The lowest BCUT2D eigenvalue weighted by molar-refractivity contribution is -0.265. The standard InChI is InChI=1S/C60H98N6O17/c1-10-77-26-27-79-30-31-80-29-28-78-25-23-63-59(73)82-49-22-20-44(35-52(49)76-9)34-46(61)51-37-47(64-65-62)40(4)33-42(6)54(68)55(69)53(67)41(5)32-38(2)16-12-11-13-17-39(3)50(75-8)36-45-21-19-43(7)60(74,83-45)56(70)57(71)66-24-15-14-18-48(66)58(72)81-51/h11-13,16-17,33,38,40-41,43-52,54-55,68-69,74H,10,14-15,18-32,34-37,61H2,1-9H3,(H,63,73)/b13-11+,16-12+,39-17+,42-33+/t38-,40-,41-,43-,44+,45+,46-,47?,48+,49-,50+,51+,52-,54-,55+,60-/m1/s1. The first kappa shape index (κ1) is 70.9. The summed E-state index contributed by atoms with van der Waals surface area (Å²) in [5, 5.41) is 41.5. The van der Waals surface area contributed by atoms with Crippen LogP contribution in [-0.2, 0) is 61.8 Å². The summed E-state index contributed by atoms with van der Waals surface area (Å²) in [6.45, 7) is 16.1. The van der Waals surface area contributed by atoms with Crippen molar-refractivity contribution in [2.75, 3.05) is 80.2 Å². The second-order valence-corrected chi connectivity index (χ2v) is 22.8. The van der Waals surface area contributed by atoms with Crippen LogP contribution in [0.3, 0.4) is 0 Å². The number of nitrogens with one attached hydrogen (secondary N) is 1. The van der Waals surface area contributed by atoms with Crippen LogP contribution in [0.4, 0.5) is 4.79 Å². The predicted molar refractivity (Wildman–Crippen MR) is 308 cm³/mol. The molecule has 0 aromatic heterocycles. The number of aliphatic hydroxyl groups excluding tert-OH is 2. The first-order valence-corrected chi connectivity index (χ1v) is 29.9. The minimum absolute atomic E-state index is 0.0162. The van der Waals surface area contributed by atoms with Crippen molar-refractivity contribution < 1.29 is 81.9 Å². The highest BCUT2D eigenvalue weighted by molar-refractivity contribution is 6.39. The molecule has 4 rings (SSSR count). The molecule has 1 saturated carbocycles. The fourth-order valence-electron chi connectivity index (χ4n) is 11.4. The van der Waals surface area contributed by atoms with Gasteiger partial charge in [0.1, 0.15) is 30.5 Å². The molecule has 23 heteroatoms. The van der Waals surface area contributed by atoms with E-state index in [9.17, 15) is 44.8 Å². The number of azide groups is 1. The van der Waals surface area contributed by atoms with Crippen LogP contribution in [0, 0.1) is 29.6 Å². The summed E-state index contributed by atoms with van der Waals surface area (Å²) in [5.74, 6) is -8.41. The number of ketones is 2. The Labute approximate surface area is 490 Å². The largest absolute Gasteiger partial charge is 0.459 e. The molecule has 23 nitrogen and oxygen atoms in total. The first-order valence-electron chi connectivity index (χ1n) is 29.9. The highest BCUT2D eigenvalue weighted by Crippen LogP contribution is 2.38. The van der Waals surface area contributed by atoms with Crippen molar-refractivity contribution in [3.8, 4) is 0 Å². The number of nitrogens with two attached hydrogens (primary N) is 1. The number of alkyl carbamates (subject to hydrolysis) is 1. The molecule has 3 aliphatic heterocycles. The van der Waals surface area contributed by atoms with E-state index in [0.717, 1.165) is 10.5 Å². The number of amides is 2. The first-order chi connectivity index (χ1) is 39.7. The van der Waals surface area contributed by atoms with Gasteiger partial charge in [-0.25, -0.2) is 9.59 Å². The SMILES string of the molecule is CCOCCOCCOCCOCCNC(=O)O[C@@H]1CC[C@@H](C[C@@H](N)[C@@H]2CC(N=[N+]=[N-])[C@H](C)/C=C(\C)[C@@H](O)[C@@H](O)C(=O)[C@H](C)C[C@H](C)/C=C/C=C/C=C(\C)[C@@H](OC)C[C@@H]3CC[C@@H](C)[C@@](O)(O3)C(=O)C(=O)N3CCCC[C@H]3C(=O)O2)C[C@H]1OC. The number of ether oxygens (including phenoxy) is 9. The second kappa shape index (κ2) is 37.1. The minimum atomic E-state index is -2.49. The van der Waals surface area contributed by atoms with Gasteiger partial charge in [-0.05, 0) is 126 Å². The van der Waals surface area contributed by atoms with Crippen molar-refractivity contribution in [1.29, 1.82) is 0 Å². The molecular weight excluding hydrogens is 1080 g/mol. The van der Waals surface area contributed by atoms with Gasteiger partial charge in [0.15, 0.2) is 5.78 Å². The summed E-state index contributed by atoms with van der Waals surface area (Å²) in [5.41, 5.74) is 18.1. The van der Waals surface area contributed by atoms with Gasteiger partial charge in [0.25, 0.3) is 11.7 Å². The molecular formula is C60H98N6O17. The molecule has 1 aliphatic carbocycles. The van der Waals surface area contributed by atoms with Crippen molar-refractivity contribution >= 4 is 29.5 Å². The van der Waals surface area contributed by atoms with E-state index in [1.165, 1.54) is 7.11 Å². The average molecular weight is 1180 g/mol. The molecule has 3 fully saturated rings. The highest BCUT2D eigenvalue weighted by Gasteiger charge is 2.53. The van der Waals surface area contributed by atoms with E-state index in [-0.39, 0.29) is 62.8 Å². The van der Waals surface area contributed by atoms with Crippen LogP contribution in [0.15, 0.2) is 52.7 Å². The Morgan fingerprint density at radius 1 is 0.843 bits per heavy atom. The summed E-state index contributed by atoms with van der Waals surface area (Å²) in [4.78, 5) is 74.3. The molecule has 2 bridgehead atoms. The maximum atomic E-state index is 14.7. The minimum Gasteiger partial charge on any atom is -0.459 e. The van der Waals surface area contributed by atoms with Crippen molar-refractivity contribution in [2.24, 2.45) is 40.4 Å². The van der Waals surface area contributed by atoms with Crippen molar-refractivity contribution in [2.45, 2.75) is 192 Å². The molecule has 0 radical (unpaired) electrons. The van der Waals surface area contributed by atoms with E-state index in [4.69, 9.17) is 48.4 Å². The number of nitrogens with zero attached hydrogens (tertiary/aromatic N) is 4. The van der Waals surface area contributed by atoms with E-state index in [1.54, 1.807) is 40.9 Å². The molecule has 0 aromatic rings. The van der Waals surface area contributed by atoms with Crippen molar-refractivity contribution in [1.82, 2.24) is 10.2 Å². The zero-order chi connectivity index (χ0) is 61.1. The number of esters is 1. The van der Waals surface area contributed by atoms with E-state index >= 15 is 0 Å². The van der Waals surface area contributed by atoms with Crippen molar-refractivity contribution in [3.05, 3.63) is 58.0 Å². The molecule has 470 valence electrons. The van der Waals surface area contributed by atoms with Gasteiger partial charge in [0.2, 0.25) is 5.79 Å². The maximum absolute atomic E-state index is 14.7. The summed E-state index contributed by atoms with van der Waals surface area (Å²) >= 11 is 0. The number of allylic oxidation sites excluding steroid dienone is 5. The number of rotatable bonds is 20. The van der Waals surface area contributed by atoms with Gasteiger partial charge >= 0.3 is 12.1 Å². The van der Waals surface area contributed by atoms with Crippen LogP contribution >= 0.6 is 0 Å². The number of methoxy groups -OCH3 is 2. The molecule has 0 aromatic carbocycles. The molecule has 0 spiro atoms. The monoisotopic (exact) mass is 1170 g/mol. The zero-order valence-electron chi connectivity index (χ0n) is 50.6. The maximum Gasteiger partial charge on any atom is 0.407 e. The van der Waals surface area contributed by atoms with Crippen LogP contribution in [0.5, 0.6) is 0 Å². The van der Waals surface area contributed by atoms with Gasteiger partial charge in [-0.3, -0.25) is 14.4 Å². The third-order valence-electron chi connectivity index (χ3n) is 16.4. The van der Waals surface area contributed by atoms with Gasteiger partial charge in [0.05, 0.1) is 64.6 Å². The average Bonchev–Trinajstić information content (AvgIpc) is 3.28. The van der Waals surface area contributed by atoms with E-state index in [0.29, 0.717) is 97.6 Å². The van der Waals surface area contributed by atoms with E-state index in [1.807, 2.05) is 51.2 Å². The molecule has 3 heterocycles. The molecule has 4 aliphatic rings. The number of aliphatic hydroxyl groups is 3. The lowest BCUT2D eigenvalue weighted by Gasteiger charge is -2.43. The highest BCUT2D eigenvalue weighted by atomic mass is 16.6. The summed E-state index contributed by atoms with van der Waals surface area (Å²) in [6, 6.07) is -3.11. The number of carbonyl (C=O) groups excluding carboxylic acids is 5. The topological polar surface area (TPSA) is 319 Å². The van der Waals surface area contributed by atoms with Crippen LogP contribution in [0.2, 0.25) is 0 Å². The van der Waals surface area contributed by atoms with Gasteiger partial charge in [-0.2, -0.15) is 0 Å². The van der Waals surface area contributed by atoms with Gasteiger partial charge in [0, 0.05) is 69.2 Å². The Bertz CT molecular complexity index is 2210. The molecule has 6 N–H and O–H groups in total. The molecule has 16 atom stereocenters. The molecule has 2 amide bonds. The number of piperidine rings is 1. The van der Waals surface area contributed by atoms with Crippen molar-refractivity contribution in [3.63, 3.8) is 0 Å². The van der Waals surface area contributed by atoms with Gasteiger partial charge < -0.3 is 73.9 Å². The summed E-state index contributed by atoms with van der Waals surface area (Å²) in [7, 11) is 3.08. The predicted octanol–water partition coefficient (Wildman–Crippen LogP) is 6.15. The molecule has 1 unspecified atom stereocenters. The third kappa shape index (κ3) is 22.6. The summed E-state index contributed by atoms with van der Waals surface area (Å²) in [6.07, 6.45) is 7.76. The van der Waals surface area contributed by atoms with Gasteiger partial charge in [-0.1, -0.05) is 69.3 Å². The third-order valence-corrected chi connectivity index (χ3v) is 16.4. The Morgan fingerprint density at radius 2 is 1.53 bits per heavy atom. The van der Waals surface area contributed by atoms with Gasteiger partial charge in [-0.15, -0.1) is 0 Å². The van der Waals surface area contributed by atoms with Crippen LogP contribution in [-0.4, -0.2) is 197 Å². The number of fused-ring (bicyclic) bond motifs is 3. The molecule has 83 heavy (non-hydrogen) atoms. The Hall–Kier alpha value is -4.62. The fraction of sp³-hybridized carbons (Fsp3) is 0.783. The lowest BCUT2D eigenvalue weighted by atomic mass is 9.80. The van der Waals surface area contributed by atoms with Crippen LogP contribution in [0.25, 0.3) is 10.4 Å². The van der Waals surface area contributed by atoms with E-state index in [2.05, 4.69) is 15.3 Å². The fourth-order valence-corrected chi connectivity index (χ4v) is 11.4. The number of hydrogen-bond acceptors (Lipinski definition) is 19. The number of Topliss-reactive ketones (excluding diaryl/α,β-unsaturated/α-hetero) is 2. The number of cyclic esters (lactones) is 1. The Kier molecular flexibility index (Phi) is 31.6. The quantitative estimate of drug-likeness (QED) is 0.0174. The number of hydrogen-bond donors (Lipinski definition) is 5. The van der Waals surface area contributed by atoms with Crippen LogP contribution in [0.1, 0.15) is 126 Å². The zero-order valence-corrected chi connectivity index (χ0v) is 50.6. The smallest absolute Gasteiger partial charge is 0.407 e. The lowest BCUT2D eigenvalue weighted by Crippen LogP contribution is -2.61. The second-order valence-electron chi connectivity index (χ2n) is 22.8. The Balaban J connectivity index is 1.56. The van der Waals surface area contributed by atoms with E-state index < -0.39 is 114 Å².